The highest BCUT2D eigenvalue weighted by Crippen LogP contribution is 2.35. The summed E-state index contributed by atoms with van der Waals surface area (Å²) < 4.78 is 0.559. The van der Waals surface area contributed by atoms with Crippen LogP contribution in [0.25, 0.3) is 22.0 Å². The van der Waals surface area contributed by atoms with E-state index >= 15 is 0 Å². The maximum absolute atomic E-state index is 6.29. The van der Waals surface area contributed by atoms with Gasteiger partial charge in [-0.25, -0.2) is 15.0 Å². The van der Waals surface area contributed by atoms with Gasteiger partial charge in [0.25, 0.3) is 0 Å². The number of benzene rings is 1. The lowest BCUT2D eigenvalue weighted by atomic mass is 10.1. The molecule has 2 heterocycles. The second-order valence-corrected chi connectivity index (χ2v) is 6.72. The molecule has 0 fully saturated rings. The Hall–Kier alpha value is -1.20. The van der Waals surface area contributed by atoms with Gasteiger partial charge in [0, 0.05) is 0 Å². The Morgan fingerprint density at radius 2 is 1.76 bits per heavy atom. The number of hydrogen-bond acceptors (Lipinski definition) is 4. The fourth-order valence-corrected chi connectivity index (χ4v) is 3.35. The Morgan fingerprint density at radius 1 is 1.05 bits per heavy atom. The van der Waals surface area contributed by atoms with Crippen LogP contribution in [0.1, 0.15) is 5.56 Å². The first kappa shape index (κ1) is 14.7. The summed E-state index contributed by atoms with van der Waals surface area (Å²) in [7, 11) is 0. The molecule has 7 heteroatoms. The van der Waals surface area contributed by atoms with E-state index in [2.05, 4.69) is 15.0 Å². The van der Waals surface area contributed by atoms with E-state index in [-0.39, 0.29) is 0 Å². The van der Waals surface area contributed by atoms with E-state index in [9.17, 15) is 0 Å². The van der Waals surface area contributed by atoms with Gasteiger partial charge in [0.15, 0.2) is 10.8 Å². The Morgan fingerprint density at radius 3 is 2.33 bits per heavy atom. The fraction of sp³-hybridized carbons (Fsp3) is 0.0714. The average molecular weight is 357 g/mol. The van der Waals surface area contributed by atoms with Gasteiger partial charge < -0.3 is 0 Å². The zero-order valence-corrected chi connectivity index (χ0v) is 13.9. The van der Waals surface area contributed by atoms with Crippen LogP contribution in [0.2, 0.25) is 14.6 Å². The van der Waals surface area contributed by atoms with E-state index in [1.54, 1.807) is 6.20 Å². The monoisotopic (exact) mass is 355 g/mol. The molecule has 2 aromatic heterocycles. The summed E-state index contributed by atoms with van der Waals surface area (Å²) in [5.74, 6) is 0.373. The summed E-state index contributed by atoms with van der Waals surface area (Å²) in [5, 5.41) is 1.17. The fourth-order valence-electron chi connectivity index (χ4n) is 1.90. The summed E-state index contributed by atoms with van der Waals surface area (Å²) in [6.45, 7) is 2.00. The van der Waals surface area contributed by atoms with E-state index in [1.165, 1.54) is 11.3 Å². The molecule has 0 atom stereocenters. The predicted molar refractivity (Wildman–Crippen MR) is 88.3 cm³/mol. The van der Waals surface area contributed by atoms with Crippen LogP contribution in [-0.4, -0.2) is 15.0 Å². The third kappa shape index (κ3) is 3.04. The number of thiazole rings is 1. The van der Waals surface area contributed by atoms with Gasteiger partial charge in [-0.15, -0.1) is 0 Å². The average Bonchev–Trinajstić information content (AvgIpc) is 2.85. The molecule has 0 amide bonds. The van der Waals surface area contributed by atoms with Crippen molar-refractivity contribution in [1.82, 2.24) is 15.0 Å². The minimum absolute atomic E-state index is 0.293. The maximum Gasteiger partial charge on any atom is 0.191 e. The van der Waals surface area contributed by atoms with Crippen LogP contribution in [-0.2, 0) is 0 Å². The molecule has 3 rings (SSSR count). The van der Waals surface area contributed by atoms with Crippen LogP contribution in [0.3, 0.4) is 0 Å². The lowest BCUT2D eigenvalue weighted by Crippen LogP contribution is -1.94. The van der Waals surface area contributed by atoms with Gasteiger partial charge in [-0.1, -0.05) is 76.0 Å². The smallest absolute Gasteiger partial charge is 0.191 e. The summed E-state index contributed by atoms with van der Waals surface area (Å²) in [4.78, 5) is 12.7. The largest absolute Gasteiger partial charge is 0.240 e. The van der Waals surface area contributed by atoms with Crippen LogP contribution in [0.4, 0.5) is 0 Å². The van der Waals surface area contributed by atoms with Crippen molar-refractivity contribution in [3.05, 3.63) is 50.7 Å². The summed E-state index contributed by atoms with van der Waals surface area (Å²) in [5.41, 5.74) is 2.61. The SMILES string of the molecule is Cc1cccc(-c2c(Cl)nc(-c3ncc(Cl)s3)nc2Cl)c1. The second kappa shape index (κ2) is 5.89. The molecule has 0 aliphatic heterocycles. The number of aryl methyl sites for hydroxylation is 1. The molecule has 0 spiro atoms. The van der Waals surface area contributed by atoms with Crippen LogP contribution in [0.5, 0.6) is 0 Å². The third-order valence-corrected chi connectivity index (χ3v) is 4.45. The zero-order chi connectivity index (χ0) is 15.0. The maximum atomic E-state index is 6.29. The molecule has 0 bridgehead atoms. The van der Waals surface area contributed by atoms with Gasteiger partial charge in [-0.3, -0.25) is 0 Å². The first-order chi connectivity index (χ1) is 10.0. The Kier molecular flexibility index (Phi) is 4.13. The topological polar surface area (TPSA) is 38.7 Å². The molecule has 0 saturated carbocycles. The Labute approximate surface area is 140 Å². The van der Waals surface area contributed by atoms with Crippen LogP contribution < -0.4 is 0 Å². The normalized spacial score (nSPS) is 10.9. The molecular formula is C14H8Cl3N3S. The van der Waals surface area contributed by atoms with E-state index in [4.69, 9.17) is 34.8 Å². The lowest BCUT2D eigenvalue weighted by Gasteiger charge is -2.08. The van der Waals surface area contributed by atoms with Gasteiger partial charge in [-0.05, 0) is 12.5 Å². The summed E-state index contributed by atoms with van der Waals surface area (Å²) in [6.07, 6.45) is 1.54. The standard InChI is InChI=1S/C14H8Cl3N3S/c1-7-3-2-4-8(5-7)10-11(16)19-13(20-12(10)17)14-18-6-9(15)21-14/h2-6H,1H3. The van der Waals surface area contributed by atoms with Crippen molar-refractivity contribution < 1.29 is 0 Å². The second-order valence-electron chi connectivity index (χ2n) is 4.34. The molecule has 0 N–H and O–H groups in total. The van der Waals surface area contributed by atoms with E-state index in [0.717, 1.165) is 11.1 Å². The molecule has 0 aliphatic carbocycles. The van der Waals surface area contributed by atoms with Crippen molar-refractivity contribution in [2.75, 3.05) is 0 Å². The number of halogens is 3. The third-order valence-electron chi connectivity index (χ3n) is 2.80. The van der Waals surface area contributed by atoms with Crippen molar-refractivity contribution >= 4 is 46.1 Å². The molecule has 3 aromatic rings. The van der Waals surface area contributed by atoms with Gasteiger partial charge in [0.1, 0.15) is 14.6 Å². The van der Waals surface area contributed by atoms with Crippen molar-refractivity contribution in [3.8, 4) is 22.0 Å². The quantitative estimate of drug-likeness (QED) is 0.566. The van der Waals surface area contributed by atoms with Crippen LogP contribution in [0.15, 0.2) is 30.5 Å². The predicted octanol–water partition coefficient (Wildman–Crippen LogP) is 5.54. The highest BCUT2D eigenvalue weighted by molar-refractivity contribution is 7.18. The Bertz CT molecular complexity index is 794. The van der Waals surface area contributed by atoms with E-state index < -0.39 is 0 Å². The zero-order valence-electron chi connectivity index (χ0n) is 10.8. The Balaban J connectivity index is 2.12. The van der Waals surface area contributed by atoms with Gasteiger partial charge in [0.05, 0.1) is 11.8 Å². The first-order valence-corrected chi connectivity index (χ1v) is 7.91. The number of hydrogen-bond donors (Lipinski definition) is 0. The van der Waals surface area contributed by atoms with Crippen molar-refractivity contribution in [1.29, 1.82) is 0 Å². The van der Waals surface area contributed by atoms with Crippen molar-refractivity contribution in [2.45, 2.75) is 6.92 Å². The lowest BCUT2D eigenvalue weighted by molar-refractivity contribution is 1.16. The van der Waals surface area contributed by atoms with Gasteiger partial charge in [0.2, 0.25) is 0 Å². The molecule has 0 aliphatic rings. The minimum atomic E-state index is 0.293. The molecule has 1 aromatic carbocycles. The molecule has 21 heavy (non-hydrogen) atoms. The van der Waals surface area contributed by atoms with Crippen LogP contribution >= 0.6 is 46.1 Å². The minimum Gasteiger partial charge on any atom is -0.240 e. The molecular weight excluding hydrogens is 349 g/mol. The highest BCUT2D eigenvalue weighted by Gasteiger charge is 2.16. The van der Waals surface area contributed by atoms with Gasteiger partial charge in [-0.2, -0.15) is 0 Å². The van der Waals surface area contributed by atoms with Crippen molar-refractivity contribution in [2.24, 2.45) is 0 Å². The van der Waals surface area contributed by atoms with Crippen LogP contribution in [0, 0.1) is 6.92 Å². The highest BCUT2D eigenvalue weighted by atomic mass is 35.5. The first-order valence-electron chi connectivity index (χ1n) is 5.96. The summed E-state index contributed by atoms with van der Waals surface area (Å²) in [6, 6.07) is 7.84. The molecule has 0 saturated heterocycles. The molecule has 106 valence electrons. The number of aromatic nitrogens is 3. The van der Waals surface area contributed by atoms with Crippen molar-refractivity contribution in [3.63, 3.8) is 0 Å². The molecule has 0 radical (unpaired) electrons. The van der Waals surface area contributed by atoms with E-state index in [1.807, 2.05) is 31.2 Å². The molecule has 0 unspecified atom stereocenters. The van der Waals surface area contributed by atoms with Gasteiger partial charge >= 0.3 is 0 Å². The molecule has 3 nitrogen and oxygen atoms in total. The summed E-state index contributed by atoms with van der Waals surface area (Å²) >= 11 is 19.7. The number of rotatable bonds is 2. The number of nitrogens with zero attached hydrogens (tertiary/aromatic N) is 3. The van der Waals surface area contributed by atoms with E-state index in [0.29, 0.717) is 31.0 Å².